The highest BCUT2D eigenvalue weighted by atomic mass is 32.2. The van der Waals surface area contributed by atoms with E-state index in [-0.39, 0.29) is 12.3 Å². The SMILES string of the molecule is CCCOC(=O)Nc1ccc(S(=O)(=O)NC(F)(F)F)cc1. The molecule has 1 aromatic carbocycles. The molecule has 21 heavy (non-hydrogen) atoms. The van der Waals surface area contributed by atoms with Crippen molar-refractivity contribution in [3.8, 4) is 0 Å². The number of hydrogen-bond acceptors (Lipinski definition) is 4. The van der Waals surface area contributed by atoms with Crippen molar-refractivity contribution < 1.29 is 31.1 Å². The normalized spacial score (nSPS) is 12.0. The van der Waals surface area contributed by atoms with Crippen molar-refractivity contribution in [1.29, 1.82) is 0 Å². The molecular formula is C11H13F3N2O4S. The second kappa shape index (κ2) is 6.76. The predicted octanol–water partition coefficient (Wildman–Crippen LogP) is 2.44. The van der Waals surface area contributed by atoms with E-state index in [1.54, 1.807) is 6.92 Å². The highest BCUT2D eigenvalue weighted by Gasteiger charge is 2.34. The van der Waals surface area contributed by atoms with Crippen molar-refractivity contribution in [3.05, 3.63) is 24.3 Å². The summed E-state index contributed by atoms with van der Waals surface area (Å²) in [7, 11) is -4.70. The summed E-state index contributed by atoms with van der Waals surface area (Å²) in [4.78, 5) is 10.7. The number of alkyl halides is 3. The summed E-state index contributed by atoms with van der Waals surface area (Å²) in [5.74, 6) is 0. The Kier molecular flexibility index (Phi) is 5.55. The van der Waals surface area contributed by atoms with Gasteiger partial charge in [-0.3, -0.25) is 5.32 Å². The lowest BCUT2D eigenvalue weighted by atomic mass is 10.3. The first kappa shape index (κ1) is 17.2. The Labute approximate surface area is 119 Å². The molecule has 0 aromatic heterocycles. The van der Waals surface area contributed by atoms with E-state index in [0.717, 1.165) is 24.3 Å². The molecule has 10 heteroatoms. The summed E-state index contributed by atoms with van der Waals surface area (Å²) in [6, 6.07) is 4.17. The van der Waals surface area contributed by atoms with E-state index in [4.69, 9.17) is 4.74 Å². The van der Waals surface area contributed by atoms with E-state index in [2.05, 4.69) is 5.32 Å². The largest absolute Gasteiger partial charge is 0.470 e. The molecule has 0 unspecified atom stereocenters. The van der Waals surface area contributed by atoms with Crippen LogP contribution in [0.15, 0.2) is 29.2 Å². The molecule has 0 aliphatic rings. The average Bonchev–Trinajstić information content (AvgIpc) is 2.34. The van der Waals surface area contributed by atoms with Crippen molar-refractivity contribution >= 4 is 21.8 Å². The lowest BCUT2D eigenvalue weighted by molar-refractivity contribution is -0.138. The third-order valence-electron chi connectivity index (χ3n) is 2.10. The Hall–Kier alpha value is -1.81. The van der Waals surface area contributed by atoms with Crippen LogP contribution in [0, 0.1) is 0 Å². The molecule has 0 radical (unpaired) electrons. The molecule has 2 N–H and O–H groups in total. The van der Waals surface area contributed by atoms with E-state index in [9.17, 15) is 26.4 Å². The summed E-state index contributed by atoms with van der Waals surface area (Å²) in [5, 5.41) is 2.31. The number of benzene rings is 1. The Morgan fingerprint density at radius 3 is 2.29 bits per heavy atom. The zero-order valence-corrected chi connectivity index (χ0v) is 11.7. The number of anilines is 1. The molecule has 0 saturated carbocycles. The van der Waals surface area contributed by atoms with Crippen molar-refractivity contribution in [3.63, 3.8) is 0 Å². The third kappa shape index (κ3) is 6.00. The number of sulfonamides is 1. The van der Waals surface area contributed by atoms with Gasteiger partial charge in [-0.25, -0.2) is 13.2 Å². The number of rotatable bonds is 5. The first-order chi connectivity index (χ1) is 9.64. The van der Waals surface area contributed by atoms with Gasteiger partial charge in [0.2, 0.25) is 10.0 Å². The van der Waals surface area contributed by atoms with E-state index in [1.807, 2.05) is 0 Å². The molecule has 1 rings (SSSR count). The second-order valence-corrected chi connectivity index (χ2v) is 5.57. The molecule has 0 spiro atoms. The molecular weight excluding hydrogens is 313 g/mol. The van der Waals surface area contributed by atoms with Gasteiger partial charge < -0.3 is 4.74 Å². The van der Waals surface area contributed by atoms with Crippen molar-refractivity contribution in [1.82, 2.24) is 4.72 Å². The van der Waals surface area contributed by atoms with Gasteiger partial charge in [0.25, 0.3) is 0 Å². The fourth-order valence-corrected chi connectivity index (χ4v) is 2.19. The van der Waals surface area contributed by atoms with Gasteiger partial charge >= 0.3 is 12.4 Å². The Morgan fingerprint density at radius 2 is 1.81 bits per heavy atom. The molecule has 0 saturated heterocycles. The fourth-order valence-electron chi connectivity index (χ4n) is 1.28. The predicted molar refractivity (Wildman–Crippen MR) is 68.1 cm³/mol. The Bertz CT molecular complexity index is 584. The van der Waals surface area contributed by atoms with Crippen LogP contribution in [0.1, 0.15) is 13.3 Å². The lowest BCUT2D eigenvalue weighted by Crippen LogP contribution is -2.37. The maximum atomic E-state index is 12.0. The summed E-state index contributed by atoms with van der Waals surface area (Å²) in [5.41, 5.74) is 0.196. The molecule has 1 aromatic rings. The average molecular weight is 326 g/mol. The van der Waals surface area contributed by atoms with Crippen molar-refractivity contribution in [2.45, 2.75) is 24.5 Å². The summed E-state index contributed by atoms with van der Waals surface area (Å²) in [6.45, 7) is 2.02. The maximum absolute atomic E-state index is 12.0. The summed E-state index contributed by atoms with van der Waals surface area (Å²) >= 11 is 0. The summed E-state index contributed by atoms with van der Waals surface area (Å²) < 4.78 is 64.2. The van der Waals surface area contributed by atoms with Gasteiger partial charge in [-0.2, -0.15) is 13.2 Å². The number of carbonyl (C=O) groups is 1. The van der Waals surface area contributed by atoms with Gasteiger partial charge in [-0.05, 0) is 30.7 Å². The van der Waals surface area contributed by atoms with E-state index in [0.29, 0.717) is 11.1 Å². The number of carbonyl (C=O) groups excluding carboxylic acids is 1. The van der Waals surface area contributed by atoms with Crippen molar-refractivity contribution in [2.24, 2.45) is 0 Å². The maximum Gasteiger partial charge on any atom is 0.470 e. The highest BCUT2D eigenvalue weighted by molar-refractivity contribution is 7.89. The third-order valence-corrected chi connectivity index (χ3v) is 3.49. The molecule has 0 aliphatic carbocycles. The van der Waals surface area contributed by atoms with E-state index in [1.165, 1.54) is 0 Å². The van der Waals surface area contributed by atoms with Gasteiger partial charge in [0.05, 0.1) is 11.5 Å². The first-order valence-electron chi connectivity index (χ1n) is 5.78. The standard InChI is InChI=1S/C11H13F3N2O4S/c1-2-7-20-10(17)15-8-3-5-9(6-4-8)21(18,19)16-11(12,13)14/h3-6,16H,2,7H2,1H3,(H,15,17). The smallest absolute Gasteiger partial charge is 0.449 e. The zero-order valence-electron chi connectivity index (χ0n) is 10.9. The molecule has 0 bridgehead atoms. The topological polar surface area (TPSA) is 84.5 Å². The zero-order chi connectivity index (χ0) is 16.1. The van der Waals surface area contributed by atoms with E-state index >= 15 is 0 Å². The fraction of sp³-hybridized carbons (Fsp3) is 0.364. The van der Waals surface area contributed by atoms with Crippen LogP contribution in [-0.4, -0.2) is 27.4 Å². The minimum Gasteiger partial charge on any atom is -0.449 e. The van der Waals surface area contributed by atoms with Crippen molar-refractivity contribution in [2.75, 3.05) is 11.9 Å². The lowest BCUT2D eigenvalue weighted by Gasteiger charge is -2.10. The Balaban J connectivity index is 2.76. The van der Waals surface area contributed by atoms with Crippen LogP contribution < -0.4 is 10.0 Å². The number of amides is 1. The molecule has 1 amide bonds. The number of nitrogens with one attached hydrogen (secondary N) is 2. The van der Waals surface area contributed by atoms with Crippen LogP contribution >= 0.6 is 0 Å². The minimum atomic E-state index is -5.06. The summed E-state index contributed by atoms with van der Waals surface area (Å²) in [6.07, 6.45) is -5.16. The highest BCUT2D eigenvalue weighted by Crippen LogP contribution is 2.18. The molecule has 6 nitrogen and oxygen atoms in total. The van der Waals surface area contributed by atoms with E-state index < -0.39 is 27.3 Å². The van der Waals surface area contributed by atoms with Crippen LogP contribution in [0.3, 0.4) is 0 Å². The first-order valence-corrected chi connectivity index (χ1v) is 7.27. The quantitative estimate of drug-likeness (QED) is 0.814. The van der Waals surface area contributed by atoms with Gasteiger partial charge in [0, 0.05) is 5.69 Å². The number of hydrogen-bond donors (Lipinski definition) is 2. The molecule has 0 heterocycles. The molecule has 0 atom stereocenters. The second-order valence-electron chi connectivity index (χ2n) is 3.89. The van der Waals surface area contributed by atoms with Crippen LogP contribution in [0.5, 0.6) is 0 Å². The monoisotopic (exact) mass is 326 g/mol. The van der Waals surface area contributed by atoms with Gasteiger partial charge in [0.1, 0.15) is 0 Å². The molecule has 118 valence electrons. The molecule has 0 fully saturated rings. The van der Waals surface area contributed by atoms with Gasteiger partial charge in [-0.1, -0.05) is 6.92 Å². The van der Waals surface area contributed by atoms with Gasteiger partial charge in [0.15, 0.2) is 0 Å². The minimum absolute atomic E-state index is 0.196. The molecule has 0 aliphatic heterocycles. The van der Waals surface area contributed by atoms with Crippen LogP contribution in [-0.2, 0) is 14.8 Å². The number of halogens is 3. The van der Waals surface area contributed by atoms with Crippen LogP contribution in [0.2, 0.25) is 0 Å². The van der Waals surface area contributed by atoms with Crippen LogP contribution in [0.4, 0.5) is 23.7 Å². The van der Waals surface area contributed by atoms with Crippen LogP contribution in [0.25, 0.3) is 0 Å². The van der Waals surface area contributed by atoms with Gasteiger partial charge in [-0.15, -0.1) is 4.72 Å². The Morgan fingerprint density at radius 1 is 1.24 bits per heavy atom. The number of ether oxygens (including phenoxy) is 1.